The van der Waals surface area contributed by atoms with Gasteiger partial charge in [0.2, 0.25) is 0 Å². The number of amides is 1. The van der Waals surface area contributed by atoms with Crippen molar-refractivity contribution in [2.75, 3.05) is 53.0 Å². The Morgan fingerprint density at radius 3 is 2.39 bits per heavy atom. The molecule has 0 radical (unpaired) electrons. The van der Waals surface area contributed by atoms with Gasteiger partial charge in [-0.05, 0) is 36.4 Å². The van der Waals surface area contributed by atoms with Crippen LogP contribution in [0, 0.1) is 0 Å². The number of esters is 1. The van der Waals surface area contributed by atoms with E-state index in [2.05, 4.69) is 4.90 Å². The lowest BCUT2D eigenvalue weighted by molar-refractivity contribution is -0.140. The first-order chi connectivity index (χ1) is 13.7. The molecule has 0 aliphatic carbocycles. The molecule has 1 fully saturated rings. The second kappa shape index (κ2) is 10.1. The van der Waals surface area contributed by atoms with Crippen molar-refractivity contribution in [1.82, 2.24) is 14.4 Å². The van der Waals surface area contributed by atoms with Crippen LogP contribution >= 0.6 is 0 Å². The van der Waals surface area contributed by atoms with Crippen LogP contribution in [0.15, 0.2) is 48.8 Å². The standard InChI is InChI=1S/C21H27N3O4/c1-27-20(25)8-11-24(13-12-22-14-16-28-17-15-22)21(26)18-4-6-19(7-5-18)23-9-2-3-10-23/h2-7,9-10H,8,11-17H2,1H3. The molecule has 2 heterocycles. The summed E-state index contributed by atoms with van der Waals surface area (Å²) < 4.78 is 12.1. The molecule has 3 rings (SSSR count). The van der Waals surface area contributed by atoms with Gasteiger partial charge in [-0.15, -0.1) is 0 Å². The van der Waals surface area contributed by atoms with Crippen molar-refractivity contribution < 1.29 is 19.1 Å². The molecular weight excluding hydrogens is 358 g/mol. The molecule has 1 aromatic heterocycles. The maximum atomic E-state index is 13.0. The van der Waals surface area contributed by atoms with Crippen molar-refractivity contribution in [1.29, 1.82) is 0 Å². The molecule has 1 amide bonds. The number of ether oxygens (including phenoxy) is 2. The van der Waals surface area contributed by atoms with E-state index in [1.54, 1.807) is 4.90 Å². The Labute approximate surface area is 165 Å². The zero-order valence-electron chi connectivity index (χ0n) is 16.3. The molecule has 28 heavy (non-hydrogen) atoms. The molecule has 0 unspecified atom stereocenters. The van der Waals surface area contributed by atoms with Gasteiger partial charge in [0.05, 0.1) is 26.7 Å². The lowest BCUT2D eigenvalue weighted by Gasteiger charge is -2.30. The number of nitrogens with zero attached hydrogens (tertiary/aromatic N) is 3. The number of carbonyl (C=O) groups is 2. The van der Waals surface area contributed by atoms with Gasteiger partial charge < -0.3 is 18.9 Å². The second-order valence-electron chi connectivity index (χ2n) is 6.71. The monoisotopic (exact) mass is 385 g/mol. The minimum atomic E-state index is -0.313. The van der Waals surface area contributed by atoms with Crippen LogP contribution < -0.4 is 0 Å². The first-order valence-corrected chi connectivity index (χ1v) is 9.57. The van der Waals surface area contributed by atoms with Gasteiger partial charge in [0.1, 0.15) is 0 Å². The number of benzene rings is 1. The number of methoxy groups -OCH3 is 1. The molecule has 1 aliphatic rings. The van der Waals surface area contributed by atoms with E-state index in [0.717, 1.165) is 38.5 Å². The zero-order valence-corrected chi connectivity index (χ0v) is 16.3. The Hall–Kier alpha value is -2.64. The van der Waals surface area contributed by atoms with E-state index in [1.807, 2.05) is 53.4 Å². The van der Waals surface area contributed by atoms with Crippen LogP contribution in [-0.2, 0) is 14.3 Å². The Bertz CT molecular complexity index is 752. The molecule has 0 atom stereocenters. The van der Waals surface area contributed by atoms with Gasteiger partial charge in [-0.2, -0.15) is 0 Å². The molecular formula is C21H27N3O4. The molecule has 7 heteroatoms. The summed E-state index contributed by atoms with van der Waals surface area (Å²) >= 11 is 0. The van der Waals surface area contributed by atoms with E-state index in [0.29, 0.717) is 18.7 Å². The fourth-order valence-electron chi connectivity index (χ4n) is 3.20. The van der Waals surface area contributed by atoms with Crippen molar-refractivity contribution in [3.63, 3.8) is 0 Å². The van der Waals surface area contributed by atoms with Gasteiger partial charge in [0.25, 0.3) is 5.91 Å². The summed E-state index contributed by atoms with van der Waals surface area (Å²) in [5.74, 6) is -0.386. The van der Waals surface area contributed by atoms with Gasteiger partial charge >= 0.3 is 5.97 Å². The maximum Gasteiger partial charge on any atom is 0.307 e. The Balaban J connectivity index is 1.66. The summed E-state index contributed by atoms with van der Waals surface area (Å²) in [6.07, 6.45) is 4.11. The number of hydrogen-bond acceptors (Lipinski definition) is 5. The maximum absolute atomic E-state index is 13.0. The number of hydrogen-bond donors (Lipinski definition) is 0. The van der Waals surface area contributed by atoms with Crippen molar-refractivity contribution in [2.45, 2.75) is 6.42 Å². The third kappa shape index (κ3) is 5.43. The van der Waals surface area contributed by atoms with E-state index in [-0.39, 0.29) is 18.3 Å². The molecule has 1 saturated heterocycles. The minimum Gasteiger partial charge on any atom is -0.469 e. The fraction of sp³-hybridized carbons (Fsp3) is 0.429. The Kier molecular flexibility index (Phi) is 7.22. The number of morpholine rings is 1. The molecule has 0 N–H and O–H groups in total. The Morgan fingerprint density at radius 2 is 1.75 bits per heavy atom. The summed E-state index contributed by atoms with van der Waals surface area (Å²) in [4.78, 5) is 28.6. The predicted octanol–water partition coefficient (Wildman–Crippen LogP) is 1.81. The highest BCUT2D eigenvalue weighted by molar-refractivity contribution is 5.94. The highest BCUT2D eigenvalue weighted by Crippen LogP contribution is 2.13. The van der Waals surface area contributed by atoms with E-state index >= 15 is 0 Å². The van der Waals surface area contributed by atoms with Crippen LogP contribution in [0.25, 0.3) is 5.69 Å². The van der Waals surface area contributed by atoms with E-state index in [9.17, 15) is 9.59 Å². The lowest BCUT2D eigenvalue weighted by atomic mass is 10.1. The summed E-state index contributed by atoms with van der Waals surface area (Å²) in [5.41, 5.74) is 1.61. The molecule has 7 nitrogen and oxygen atoms in total. The smallest absolute Gasteiger partial charge is 0.307 e. The van der Waals surface area contributed by atoms with Gasteiger partial charge in [-0.3, -0.25) is 14.5 Å². The van der Waals surface area contributed by atoms with E-state index in [1.165, 1.54) is 7.11 Å². The van der Waals surface area contributed by atoms with Crippen LogP contribution in [0.1, 0.15) is 16.8 Å². The molecule has 150 valence electrons. The molecule has 1 aliphatic heterocycles. The minimum absolute atomic E-state index is 0.0729. The van der Waals surface area contributed by atoms with Crippen LogP contribution in [0.5, 0.6) is 0 Å². The van der Waals surface area contributed by atoms with E-state index in [4.69, 9.17) is 9.47 Å². The highest BCUT2D eigenvalue weighted by Gasteiger charge is 2.19. The molecule has 1 aromatic carbocycles. The number of carbonyl (C=O) groups excluding carboxylic acids is 2. The van der Waals surface area contributed by atoms with E-state index < -0.39 is 0 Å². The van der Waals surface area contributed by atoms with Gasteiger partial charge in [0.15, 0.2) is 0 Å². The van der Waals surface area contributed by atoms with Crippen molar-refractivity contribution in [3.8, 4) is 5.69 Å². The van der Waals surface area contributed by atoms with Crippen LogP contribution in [0.4, 0.5) is 0 Å². The lowest BCUT2D eigenvalue weighted by Crippen LogP contribution is -2.43. The summed E-state index contributed by atoms with van der Waals surface area (Å²) in [7, 11) is 1.36. The molecule has 0 spiro atoms. The van der Waals surface area contributed by atoms with Gasteiger partial charge in [-0.25, -0.2) is 0 Å². The van der Waals surface area contributed by atoms with Crippen LogP contribution in [0.3, 0.4) is 0 Å². The molecule has 0 bridgehead atoms. The second-order valence-corrected chi connectivity index (χ2v) is 6.71. The quantitative estimate of drug-likeness (QED) is 0.649. The van der Waals surface area contributed by atoms with Gasteiger partial charge in [0, 0.05) is 56.4 Å². The van der Waals surface area contributed by atoms with Crippen molar-refractivity contribution >= 4 is 11.9 Å². The normalized spacial score (nSPS) is 14.6. The Morgan fingerprint density at radius 1 is 1.07 bits per heavy atom. The first kappa shape index (κ1) is 20.1. The summed E-state index contributed by atoms with van der Waals surface area (Å²) in [6.45, 7) is 4.84. The number of rotatable bonds is 8. The third-order valence-corrected chi connectivity index (χ3v) is 4.91. The first-order valence-electron chi connectivity index (χ1n) is 9.57. The largest absolute Gasteiger partial charge is 0.469 e. The summed E-state index contributed by atoms with van der Waals surface area (Å²) in [6, 6.07) is 11.4. The fourth-order valence-corrected chi connectivity index (χ4v) is 3.20. The SMILES string of the molecule is COC(=O)CCN(CCN1CCOCC1)C(=O)c1ccc(-n2cccc2)cc1. The predicted molar refractivity (Wildman–Crippen MR) is 106 cm³/mol. The van der Waals surface area contributed by atoms with Crippen LogP contribution in [0.2, 0.25) is 0 Å². The third-order valence-electron chi connectivity index (χ3n) is 4.91. The topological polar surface area (TPSA) is 64.0 Å². The highest BCUT2D eigenvalue weighted by atomic mass is 16.5. The van der Waals surface area contributed by atoms with Crippen molar-refractivity contribution in [3.05, 3.63) is 54.4 Å². The average Bonchev–Trinajstić information content (AvgIpc) is 3.29. The average molecular weight is 385 g/mol. The molecule has 0 saturated carbocycles. The number of aromatic nitrogens is 1. The van der Waals surface area contributed by atoms with Gasteiger partial charge in [-0.1, -0.05) is 0 Å². The van der Waals surface area contributed by atoms with Crippen LogP contribution in [-0.4, -0.2) is 79.3 Å². The zero-order chi connectivity index (χ0) is 19.8. The summed E-state index contributed by atoms with van der Waals surface area (Å²) in [5, 5.41) is 0. The van der Waals surface area contributed by atoms with Crippen molar-refractivity contribution in [2.24, 2.45) is 0 Å². The molecule has 2 aromatic rings.